The average Bonchev–Trinajstić information content (AvgIpc) is 2.70. The fourth-order valence-electron chi connectivity index (χ4n) is 3.55. The van der Waals surface area contributed by atoms with Crippen molar-refractivity contribution >= 4 is 0 Å². The third-order valence-corrected chi connectivity index (χ3v) is 4.37. The zero-order chi connectivity index (χ0) is 11.4. The van der Waals surface area contributed by atoms with Crippen LogP contribution in [0.25, 0.3) is 0 Å². The highest BCUT2D eigenvalue weighted by Gasteiger charge is 2.28. The Kier molecular flexibility index (Phi) is 4.26. The molecular formula is C14H28N2. The van der Waals surface area contributed by atoms with E-state index in [0.717, 1.165) is 5.92 Å². The number of rotatable bonds is 4. The van der Waals surface area contributed by atoms with Crippen LogP contribution >= 0.6 is 0 Å². The van der Waals surface area contributed by atoms with Crippen molar-refractivity contribution in [3.63, 3.8) is 0 Å². The molecule has 0 spiro atoms. The van der Waals surface area contributed by atoms with E-state index in [9.17, 15) is 0 Å². The lowest BCUT2D eigenvalue weighted by molar-refractivity contribution is 0.171. The number of nitrogens with zero attached hydrogens (tertiary/aromatic N) is 1. The Morgan fingerprint density at radius 3 is 2.56 bits per heavy atom. The summed E-state index contributed by atoms with van der Waals surface area (Å²) >= 11 is 0. The van der Waals surface area contributed by atoms with E-state index in [1.165, 1.54) is 64.6 Å². The molecule has 2 fully saturated rings. The predicted molar refractivity (Wildman–Crippen MR) is 69.7 cm³/mol. The molecule has 0 amide bonds. The molecule has 0 aromatic carbocycles. The second kappa shape index (κ2) is 5.50. The standard InChI is InChI=1S/C14H28N2/c1-14(9-5-6-10-15-14)12-16(2)11-13-7-3-4-8-13/h13,15H,3-12H2,1-2H3. The molecule has 0 bridgehead atoms. The Balaban J connectivity index is 1.74. The van der Waals surface area contributed by atoms with E-state index in [4.69, 9.17) is 0 Å². The van der Waals surface area contributed by atoms with Gasteiger partial charge in [-0.1, -0.05) is 19.3 Å². The van der Waals surface area contributed by atoms with Crippen LogP contribution in [0.3, 0.4) is 0 Å². The van der Waals surface area contributed by atoms with Crippen LogP contribution in [0.5, 0.6) is 0 Å². The quantitative estimate of drug-likeness (QED) is 0.790. The molecule has 2 aliphatic rings. The molecule has 1 N–H and O–H groups in total. The van der Waals surface area contributed by atoms with Crippen LogP contribution < -0.4 is 5.32 Å². The summed E-state index contributed by atoms with van der Waals surface area (Å²) in [5.74, 6) is 0.984. The molecule has 1 saturated heterocycles. The zero-order valence-corrected chi connectivity index (χ0v) is 11.1. The summed E-state index contributed by atoms with van der Waals surface area (Å²) < 4.78 is 0. The SMILES string of the molecule is CN(CC1CCCC1)CC1(C)CCCCN1. The lowest BCUT2D eigenvalue weighted by atomic mass is 9.90. The molecule has 2 rings (SSSR count). The van der Waals surface area contributed by atoms with Crippen molar-refractivity contribution < 1.29 is 0 Å². The normalized spacial score (nSPS) is 32.4. The molecule has 0 aromatic rings. The van der Waals surface area contributed by atoms with Gasteiger partial charge in [0.15, 0.2) is 0 Å². The van der Waals surface area contributed by atoms with Crippen LogP contribution in [-0.4, -0.2) is 37.1 Å². The van der Waals surface area contributed by atoms with Crippen molar-refractivity contribution in [1.82, 2.24) is 10.2 Å². The first-order valence-corrected chi connectivity index (χ1v) is 7.12. The van der Waals surface area contributed by atoms with Crippen LogP contribution in [0.4, 0.5) is 0 Å². The largest absolute Gasteiger partial charge is 0.310 e. The Labute approximate surface area is 101 Å². The van der Waals surface area contributed by atoms with Gasteiger partial charge in [-0.15, -0.1) is 0 Å². The first-order chi connectivity index (χ1) is 7.68. The summed E-state index contributed by atoms with van der Waals surface area (Å²) in [7, 11) is 2.31. The molecule has 1 aliphatic carbocycles. The molecule has 1 aliphatic heterocycles. The average molecular weight is 224 g/mol. The van der Waals surface area contributed by atoms with Gasteiger partial charge in [-0.05, 0) is 52.1 Å². The van der Waals surface area contributed by atoms with E-state index in [1.807, 2.05) is 0 Å². The summed E-state index contributed by atoms with van der Waals surface area (Å²) in [5, 5.41) is 3.71. The van der Waals surface area contributed by atoms with Gasteiger partial charge >= 0.3 is 0 Å². The molecule has 0 radical (unpaired) electrons. The van der Waals surface area contributed by atoms with Crippen LogP contribution in [0.15, 0.2) is 0 Å². The van der Waals surface area contributed by atoms with E-state index in [2.05, 4.69) is 24.2 Å². The minimum atomic E-state index is 0.381. The van der Waals surface area contributed by atoms with Crippen molar-refractivity contribution in [3.8, 4) is 0 Å². The minimum absolute atomic E-state index is 0.381. The number of hydrogen-bond acceptors (Lipinski definition) is 2. The first kappa shape index (κ1) is 12.4. The highest BCUT2D eigenvalue weighted by Crippen LogP contribution is 2.26. The molecule has 0 aromatic heterocycles. The van der Waals surface area contributed by atoms with Gasteiger partial charge in [0.2, 0.25) is 0 Å². The van der Waals surface area contributed by atoms with Crippen LogP contribution in [0.1, 0.15) is 51.9 Å². The molecule has 1 unspecified atom stereocenters. The van der Waals surface area contributed by atoms with Crippen molar-refractivity contribution in [2.45, 2.75) is 57.4 Å². The summed E-state index contributed by atoms with van der Waals surface area (Å²) in [6.07, 6.45) is 9.98. The first-order valence-electron chi connectivity index (χ1n) is 7.12. The maximum absolute atomic E-state index is 3.71. The molecule has 16 heavy (non-hydrogen) atoms. The Bertz CT molecular complexity index is 203. The van der Waals surface area contributed by atoms with E-state index in [1.54, 1.807) is 0 Å². The Morgan fingerprint density at radius 2 is 1.94 bits per heavy atom. The maximum Gasteiger partial charge on any atom is 0.0280 e. The molecular weight excluding hydrogens is 196 g/mol. The van der Waals surface area contributed by atoms with Crippen molar-refractivity contribution in [1.29, 1.82) is 0 Å². The van der Waals surface area contributed by atoms with Gasteiger partial charge in [-0.3, -0.25) is 0 Å². The molecule has 2 heteroatoms. The summed E-state index contributed by atoms with van der Waals surface area (Å²) in [4.78, 5) is 2.56. The Hall–Kier alpha value is -0.0800. The predicted octanol–water partition coefficient (Wildman–Crippen LogP) is 2.64. The fraction of sp³-hybridized carbons (Fsp3) is 1.00. The van der Waals surface area contributed by atoms with Crippen LogP contribution in [0.2, 0.25) is 0 Å². The van der Waals surface area contributed by atoms with Crippen LogP contribution in [-0.2, 0) is 0 Å². The third kappa shape index (κ3) is 3.46. The van der Waals surface area contributed by atoms with E-state index in [-0.39, 0.29) is 0 Å². The minimum Gasteiger partial charge on any atom is -0.310 e. The number of hydrogen-bond donors (Lipinski definition) is 1. The van der Waals surface area contributed by atoms with Gasteiger partial charge in [0.1, 0.15) is 0 Å². The van der Waals surface area contributed by atoms with Crippen LogP contribution in [0, 0.1) is 5.92 Å². The van der Waals surface area contributed by atoms with Gasteiger partial charge < -0.3 is 10.2 Å². The number of likely N-dealkylation sites (N-methyl/N-ethyl adjacent to an activating group) is 1. The smallest absolute Gasteiger partial charge is 0.0280 e. The van der Waals surface area contributed by atoms with Crippen molar-refractivity contribution in [2.75, 3.05) is 26.7 Å². The van der Waals surface area contributed by atoms with E-state index >= 15 is 0 Å². The lowest BCUT2D eigenvalue weighted by Gasteiger charge is -2.38. The van der Waals surface area contributed by atoms with Crippen molar-refractivity contribution in [3.05, 3.63) is 0 Å². The number of nitrogens with one attached hydrogen (secondary N) is 1. The van der Waals surface area contributed by atoms with Gasteiger partial charge in [0.25, 0.3) is 0 Å². The second-order valence-corrected chi connectivity index (χ2v) is 6.29. The van der Waals surface area contributed by atoms with Gasteiger partial charge in [0, 0.05) is 18.6 Å². The Morgan fingerprint density at radius 1 is 1.19 bits per heavy atom. The zero-order valence-electron chi connectivity index (χ0n) is 11.1. The summed E-state index contributed by atoms with van der Waals surface area (Å²) in [6, 6.07) is 0. The fourth-order valence-corrected chi connectivity index (χ4v) is 3.55. The third-order valence-electron chi connectivity index (χ3n) is 4.37. The van der Waals surface area contributed by atoms with Crippen molar-refractivity contribution in [2.24, 2.45) is 5.92 Å². The van der Waals surface area contributed by atoms with E-state index < -0.39 is 0 Å². The maximum atomic E-state index is 3.71. The summed E-state index contributed by atoms with van der Waals surface area (Å²) in [5.41, 5.74) is 0.381. The van der Waals surface area contributed by atoms with Gasteiger partial charge in [-0.25, -0.2) is 0 Å². The lowest BCUT2D eigenvalue weighted by Crippen LogP contribution is -2.53. The monoisotopic (exact) mass is 224 g/mol. The van der Waals surface area contributed by atoms with Gasteiger partial charge in [0.05, 0.1) is 0 Å². The second-order valence-electron chi connectivity index (χ2n) is 6.29. The molecule has 2 nitrogen and oxygen atoms in total. The highest BCUT2D eigenvalue weighted by molar-refractivity contribution is 4.89. The highest BCUT2D eigenvalue weighted by atomic mass is 15.1. The molecule has 1 atom stereocenters. The number of piperidine rings is 1. The van der Waals surface area contributed by atoms with Gasteiger partial charge in [-0.2, -0.15) is 0 Å². The van der Waals surface area contributed by atoms with E-state index in [0.29, 0.717) is 5.54 Å². The molecule has 1 heterocycles. The topological polar surface area (TPSA) is 15.3 Å². The summed E-state index contributed by atoms with van der Waals surface area (Å²) in [6.45, 7) is 6.16. The molecule has 94 valence electrons. The molecule has 1 saturated carbocycles.